The fourth-order valence-corrected chi connectivity index (χ4v) is 2.92. The maximum absolute atomic E-state index is 10.8. The Kier molecular flexibility index (Phi) is 13.9. The van der Waals surface area contributed by atoms with Gasteiger partial charge in [0.1, 0.15) is 0 Å². The number of nitro benzene ring substituents is 1. The van der Waals surface area contributed by atoms with Crippen molar-refractivity contribution in [2.45, 2.75) is 26.8 Å². The summed E-state index contributed by atoms with van der Waals surface area (Å²) in [5.41, 5.74) is 2.07. The van der Waals surface area contributed by atoms with Crippen molar-refractivity contribution in [3.05, 3.63) is 63.7 Å². The third-order valence-electron chi connectivity index (χ3n) is 4.48. The van der Waals surface area contributed by atoms with E-state index in [0.29, 0.717) is 45.4 Å². The minimum Gasteiger partial charge on any atom is -0.490 e. The highest BCUT2D eigenvalue weighted by Crippen LogP contribution is 2.28. The molecule has 2 N–H and O–H groups in total. The lowest BCUT2D eigenvalue weighted by Crippen LogP contribution is -2.40. The third-order valence-corrected chi connectivity index (χ3v) is 4.48. The van der Waals surface area contributed by atoms with Crippen LogP contribution in [-0.4, -0.2) is 50.9 Å². The molecule has 33 heavy (non-hydrogen) atoms. The van der Waals surface area contributed by atoms with Crippen LogP contribution in [0.25, 0.3) is 0 Å². The molecule has 0 spiro atoms. The molecule has 10 heteroatoms. The molecule has 0 heterocycles. The van der Waals surface area contributed by atoms with E-state index in [0.717, 1.165) is 29.0 Å². The number of non-ortho nitro benzene ring substituents is 1. The highest BCUT2D eigenvalue weighted by molar-refractivity contribution is 14.0. The van der Waals surface area contributed by atoms with E-state index in [1.807, 2.05) is 32.0 Å². The number of rotatable bonds is 13. The number of hydrogen-bond donors (Lipinski definition) is 2. The summed E-state index contributed by atoms with van der Waals surface area (Å²) in [6, 6.07) is 12.4. The Hall–Kier alpha value is -2.60. The van der Waals surface area contributed by atoms with Crippen LogP contribution in [0.4, 0.5) is 5.69 Å². The van der Waals surface area contributed by atoms with E-state index in [9.17, 15) is 10.1 Å². The zero-order valence-corrected chi connectivity index (χ0v) is 21.7. The first-order chi connectivity index (χ1) is 15.6. The Bertz CT molecular complexity index is 878. The molecule has 9 nitrogen and oxygen atoms in total. The van der Waals surface area contributed by atoms with Crippen molar-refractivity contribution >= 4 is 35.6 Å². The summed E-state index contributed by atoms with van der Waals surface area (Å²) in [6.45, 7) is 7.28. The third kappa shape index (κ3) is 10.3. The van der Waals surface area contributed by atoms with Crippen LogP contribution in [0.2, 0.25) is 0 Å². The summed E-state index contributed by atoms with van der Waals surface area (Å²) >= 11 is 0. The molecule has 0 bridgehead atoms. The quantitative estimate of drug-likeness (QED) is 0.0936. The number of methoxy groups -OCH3 is 1. The predicted molar refractivity (Wildman–Crippen MR) is 140 cm³/mol. The smallest absolute Gasteiger partial charge is 0.269 e. The Balaban J connectivity index is 0.00000544. The van der Waals surface area contributed by atoms with Crippen molar-refractivity contribution in [1.82, 2.24) is 10.6 Å². The van der Waals surface area contributed by atoms with Gasteiger partial charge in [-0.3, -0.25) is 10.1 Å². The maximum atomic E-state index is 10.8. The second-order valence-corrected chi connectivity index (χ2v) is 6.83. The first-order valence-electron chi connectivity index (χ1n) is 10.7. The molecule has 0 saturated heterocycles. The fraction of sp³-hybridized carbons (Fsp3) is 0.435. The average molecular weight is 572 g/mol. The molecular weight excluding hydrogens is 539 g/mol. The van der Waals surface area contributed by atoms with Gasteiger partial charge in [-0.05, 0) is 43.5 Å². The monoisotopic (exact) mass is 572 g/mol. The Labute approximate surface area is 212 Å². The number of benzene rings is 2. The van der Waals surface area contributed by atoms with Crippen LogP contribution in [0, 0.1) is 10.1 Å². The van der Waals surface area contributed by atoms with Gasteiger partial charge >= 0.3 is 0 Å². The first kappa shape index (κ1) is 28.4. The summed E-state index contributed by atoms with van der Waals surface area (Å²) in [7, 11) is 1.64. The van der Waals surface area contributed by atoms with E-state index in [4.69, 9.17) is 14.2 Å². The first-order valence-corrected chi connectivity index (χ1v) is 10.7. The highest BCUT2D eigenvalue weighted by atomic mass is 127. The van der Waals surface area contributed by atoms with Crippen molar-refractivity contribution in [2.24, 2.45) is 4.99 Å². The molecule has 0 atom stereocenters. The lowest BCUT2D eigenvalue weighted by atomic mass is 10.1. The van der Waals surface area contributed by atoms with Crippen LogP contribution in [0.5, 0.6) is 11.5 Å². The molecule has 0 aromatic heterocycles. The summed E-state index contributed by atoms with van der Waals surface area (Å²) in [6.07, 6.45) is 0.773. The largest absolute Gasteiger partial charge is 0.490 e. The average Bonchev–Trinajstić information content (AvgIpc) is 2.79. The van der Waals surface area contributed by atoms with Gasteiger partial charge in [-0.1, -0.05) is 18.2 Å². The van der Waals surface area contributed by atoms with Gasteiger partial charge < -0.3 is 24.8 Å². The number of aliphatic imine (C=N–C) groups is 1. The number of nitrogens with zero attached hydrogens (tertiary/aromatic N) is 2. The highest BCUT2D eigenvalue weighted by Gasteiger charge is 2.07. The molecule has 2 aromatic carbocycles. The van der Waals surface area contributed by atoms with Crippen molar-refractivity contribution in [2.75, 3.05) is 40.0 Å². The van der Waals surface area contributed by atoms with Crippen LogP contribution in [0.3, 0.4) is 0 Å². The topological polar surface area (TPSA) is 107 Å². The lowest BCUT2D eigenvalue weighted by Gasteiger charge is -2.14. The SMILES string of the molecule is CCOc1ccc(CCNC(=NCc2ccc([N+](=O)[O-])cc2)NCCOC)cc1OCC.I. The van der Waals surface area contributed by atoms with Crippen molar-refractivity contribution in [3.8, 4) is 11.5 Å². The van der Waals surface area contributed by atoms with Crippen LogP contribution in [0.15, 0.2) is 47.5 Å². The van der Waals surface area contributed by atoms with E-state index < -0.39 is 4.92 Å². The summed E-state index contributed by atoms with van der Waals surface area (Å²) in [4.78, 5) is 15.0. The minimum absolute atomic E-state index is 0. The molecule has 0 unspecified atom stereocenters. The molecule has 2 rings (SSSR count). The van der Waals surface area contributed by atoms with E-state index in [1.165, 1.54) is 12.1 Å². The van der Waals surface area contributed by atoms with Gasteiger partial charge in [0.2, 0.25) is 0 Å². The fourth-order valence-electron chi connectivity index (χ4n) is 2.92. The van der Waals surface area contributed by atoms with Crippen LogP contribution in [-0.2, 0) is 17.7 Å². The van der Waals surface area contributed by atoms with E-state index in [-0.39, 0.29) is 29.7 Å². The van der Waals surface area contributed by atoms with Crippen molar-refractivity contribution < 1.29 is 19.1 Å². The molecule has 0 radical (unpaired) electrons. The zero-order chi connectivity index (χ0) is 23.2. The van der Waals surface area contributed by atoms with Gasteiger partial charge in [-0.2, -0.15) is 0 Å². The Morgan fingerprint density at radius 3 is 2.24 bits per heavy atom. The number of guanidine groups is 1. The van der Waals surface area contributed by atoms with E-state index in [2.05, 4.69) is 15.6 Å². The molecule has 0 amide bonds. The van der Waals surface area contributed by atoms with Crippen LogP contribution < -0.4 is 20.1 Å². The predicted octanol–water partition coefficient (Wildman–Crippen LogP) is 3.93. The maximum Gasteiger partial charge on any atom is 0.269 e. The minimum atomic E-state index is -0.412. The molecule has 2 aromatic rings. The number of ether oxygens (including phenoxy) is 3. The molecular formula is C23H33IN4O5. The van der Waals surface area contributed by atoms with Gasteiger partial charge in [0.25, 0.3) is 5.69 Å². The summed E-state index contributed by atoms with van der Waals surface area (Å²) < 4.78 is 16.4. The van der Waals surface area contributed by atoms with Crippen LogP contribution in [0.1, 0.15) is 25.0 Å². The number of hydrogen-bond acceptors (Lipinski definition) is 6. The van der Waals surface area contributed by atoms with Crippen molar-refractivity contribution in [3.63, 3.8) is 0 Å². The second kappa shape index (κ2) is 16.1. The standard InChI is InChI=1S/C23H32N4O5.HI/c1-4-31-21-11-8-18(16-22(21)32-5-2)12-13-24-23(25-14-15-30-3)26-17-19-6-9-20(10-7-19)27(28)29;/h6-11,16H,4-5,12-15,17H2,1-3H3,(H2,24,25,26);1H. The lowest BCUT2D eigenvalue weighted by molar-refractivity contribution is -0.384. The molecule has 0 aliphatic heterocycles. The van der Waals surface area contributed by atoms with Gasteiger partial charge in [-0.15, -0.1) is 24.0 Å². The Morgan fingerprint density at radius 1 is 0.970 bits per heavy atom. The number of nitrogens with one attached hydrogen (secondary N) is 2. The van der Waals surface area contributed by atoms with Gasteiger partial charge in [0.15, 0.2) is 17.5 Å². The molecule has 0 aliphatic rings. The van der Waals surface area contributed by atoms with Crippen molar-refractivity contribution in [1.29, 1.82) is 0 Å². The number of nitro groups is 1. The van der Waals surface area contributed by atoms with Gasteiger partial charge in [0.05, 0.1) is 31.3 Å². The van der Waals surface area contributed by atoms with Crippen LogP contribution >= 0.6 is 24.0 Å². The van der Waals surface area contributed by atoms with E-state index in [1.54, 1.807) is 19.2 Å². The second-order valence-electron chi connectivity index (χ2n) is 6.83. The number of halogens is 1. The Morgan fingerprint density at radius 2 is 1.61 bits per heavy atom. The zero-order valence-electron chi connectivity index (χ0n) is 19.3. The molecule has 0 saturated carbocycles. The summed E-state index contributed by atoms with van der Waals surface area (Å²) in [5.74, 6) is 2.14. The normalized spacial score (nSPS) is 10.8. The van der Waals surface area contributed by atoms with Gasteiger partial charge in [0, 0.05) is 32.3 Å². The summed E-state index contributed by atoms with van der Waals surface area (Å²) in [5, 5.41) is 17.3. The van der Waals surface area contributed by atoms with E-state index >= 15 is 0 Å². The molecule has 0 fully saturated rings. The molecule has 182 valence electrons. The molecule has 0 aliphatic carbocycles. The van der Waals surface area contributed by atoms with Gasteiger partial charge in [-0.25, -0.2) is 4.99 Å².